The summed E-state index contributed by atoms with van der Waals surface area (Å²) in [6.07, 6.45) is 8.92. The summed E-state index contributed by atoms with van der Waals surface area (Å²) in [6, 6.07) is -0.152. The van der Waals surface area contributed by atoms with Crippen molar-refractivity contribution in [2.45, 2.75) is 83.8 Å². The van der Waals surface area contributed by atoms with Gasteiger partial charge in [-0.2, -0.15) is 0 Å². The summed E-state index contributed by atoms with van der Waals surface area (Å²) in [4.78, 5) is 11.6. The number of nitrogens with one attached hydrogen (secondary N) is 1. The highest BCUT2D eigenvalue weighted by atomic mass is 16.3. The molecule has 1 fully saturated rings. The first-order valence-corrected chi connectivity index (χ1v) is 8.69. The fourth-order valence-electron chi connectivity index (χ4n) is 3.05. The van der Waals surface area contributed by atoms with E-state index in [0.717, 1.165) is 12.8 Å². The molecule has 0 heterocycles. The van der Waals surface area contributed by atoms with Gasteiger partial charge in [0.15, 0.2) is 0 Å². The van der Waals surface area contributed by atoms with E-state index in [9.17, 15) is 9.90 Å². The number of hydrogen-bond acceptors (Lipinski definition) is 3. The highest BCUT2D eigenvalue weighted by Gasteiger charge is 2.21. The van der Waals surface area contributed by atoms with E-state index in [1.807, 2.05) is 0 Å². The number of amides is 1. The van der Waals surface area contributed by atoms with Gasteiger partial charge < -0.3 is 16.2 Å². The number of rotatable bonds is 9. The smallest absolute Gasteiger partial charge is 0.220 e. The van der Waals surface area contributed by atoms with Crippen LogP contribution in [0.15, 0.2) is 0 Å². The van der Waals surface area contributed by atoms with Crippen molar-refractivity contribution in [3.8, 4) is 0 Å². The van der Waals surface area contributed by atoms with Crippen molar-refractivity contribution in [2.75, 3.05) is 6.54 Å². The van der Waals surface area contributed by atoms with E-state index < -0.39 is 6.10 Å². The minimum absolute atomic E-state index is 0.0803. The van der Waals surface area contributed by atoms with Gasteiger partial charge in [-0.05, 0) is 31.1 Å². The van der Waals surface area contributed by atoms with E-state index in [-0.39, 0.29) is 11.9 Å². The number of aliphatic hydroxyl groups excluding tert-OH is 1. The summed E-state index contributed by atoms with van der Waals surface area (Å²) < 4.78 is 0. The van der Waals surface area contributed by atoms with E-state index in [0.29, 0.717) is 31.2 Å². The number of carbonyl (C=O) groups is 1. The van der Waals surface area contributed by atoms with E-state index in [1.165, 1.54) is 32.1 Å². The molecule has 2 atom stereocenters. The fraction of sp³-hybridized carbons (Fsp3) is 0.941. The Labute approximate surface area is 129 Å². The lowest BCUT2D eigenvalue weighted by molar-refractivity contribution is -0.121. The lowest BCUT2D eigenvalue weighted by atomic mass is 9.83. The van der Waals surface area contributed by atoms with E-state index >= 15 is 0 Å². The second-order valence-electron chi connectivity index (χ2n) is 7.04. The zero-order valence-electron chi connectivity index (χ0n) is 13.8. The Morgan fingerprint density at radius 2 is 1.90 bits per heavy atom. The standard InChI is InChI=1S/C17H34N2O2/c1-13(2)8-9-17(21)19-11-10-16(20)15(18)12-14-6-4-3-5-7-14/h13-16,20H,3-12,18H2,1-2H3,(H,19,21)/t15-,16-/m0/s1. The fourth-order valence-corrected chi connectivity index (χ4v) is 3.05. The molecule has 0 saturated heterocycles. The van der Waals surface area contributed by atoms with Crippen LogP contribution in [0.2, 0.25) is 0 Å². The van der Waals surface area contributed by atoms with Gasteiger partial charge in [0.1, 0.15) is 0 Å². The Morgan fingerprint density at radius 1 is 1.24 bits per heavy atom. The maximum Gasteiger partial charge on any atom is 0.220 e. The zero-order valence-corrected chi connectivity index (χ0v) is 13.8. The van der Waals surface area contributed by atoms with Gasteiger partial charge in [0.25, 0.3) is 0 Å². The van der Waals surface area contributed by atoms with Gasteiger partial charge in [-0.3, -0.25) is 4.79 Å². The highest BCUT2D eigenvalue weighted by molar-refractivity contribution is 5.75. The molecule has 0 radical (unpaired) electrons. The largest absolute Gasteiger partial charge is 0.391 e. The van der Waals surface area contributed by atoms with Gasteiger partial charge in [-0.25, -0.2) is 0 Å². The summed E-state index contributed by atoms with van der Waals surface area (Å²) in [5.41, 5.74) is 6.10. The molecule has 0 aromatic heterocycles. The molecule has 0 bridgehead atoms. The van der Waals surface area contributed by atoms with E-state index in [4.69, 9.17) is 5.73 Å². The quantitative estimate of drug-likeness (QED) is 0.612. The molecule has 1 rings (SSSR count). The molecule has 0 aromatic rings. The molecule has 0 aromatic carbocycles. The van der Waals surface area contributed by atoms with Crippen molar-refractivity contribution in [2.24, 2.45) is 17.6 Å². The normalized spacial score (nSPS) is 19.5. The molecular weight excluding hydrogens is 264 g/mol. The SMILES string of the molecule is CC(C)CCC(=O)NCC[C@H](O)[C@@H](N)CC1CCCCC1. The highest BCUT2D eigenvalue weighted by Crippen LogP contribution is 2.27. The summed E-state index contributed by atoms with van der Waals surface area (Å²) in [6.45, 7) is 4.75. The van der Waals surface area contributed by atoms with Gasteiger partial charge in [-0.1, -0.05) is 46.0 Å². The van der Waals surface area contributed by atoms with E-state index in [1.54, 1.807) is 0 Å². The summed E-state index contributed by atoms with van der Waals surface area (Å²) in [5, 5.41) is 13.0. The maximum atomic E-state index is 11.6. The molecule has 21 heavy (non-hydrogen) atoms. The molecular formula is C17H34N2O2. The minimum atomic E-state index is -0.502. The Morgan fingerprint density at radius 3 is 2.52 bits per heavy atom. The van der Waals surface area contributed by atoms with Crippen LogP contribution in [0.3, 0.4) is 0 Å². The third kappa shape index (κ3) is 8.42. The van der Waals surface area contributed by atoms with Crippen molar-refractivity contribution in [1.29, 1.82) is 0 Å². The molecule has 124 valence electrons. The van der Waals surface area contributed by atoms with Gasteiger partial charge >= 0.3 is 0 Å². The minimum Gasteiger partial charge on any atom is -0.391 e. The predicted molar refractivity (Wildman–Crippen MR) is 86.9 cm³/mol. The van der Waals surface area contributed by atoms with Crippen LogP contribution < -0.4 is 11.1 Å². The van der Waals surface area contributed by atoms with Crippen LogP contribution in [0, 0.1) is 11.8 Å². The Kier molecular flexibility index (Phi) is 8.93. The second kappa shape index (κ2) is 10.2. The number of carbonyl (C=O) groups excluding carboxylic acids is 1. The van der Waals surface area contributed by atoms with Gasteiger partial charge in [0.05, 0.1) is 6.10 Å². The first kappa shape index (κ1) is 18.4. The first-order chi connectivity index (χ1) is 9.99. The van der Waals surface area contributed by atoms with Crippen LogP contribution in [0.25, 0.3) is 0 Å². The Bertz CT molecular complexity index is 289. The van der Waals surface area contributed by atoms with Crippen LogP contribution in [-0.2, 0) is 4.79 Å². The lowest BCUT2D eigenvalue weighted by Gasteiger charge is -2.27. The Balaban J connectivity index is 2.11. The molecule has 0 unspecified atom stereocenters. The first-order valence-electron chi connectivity index (χ1n) is 8.69. The summed E-state index contributed by atoms with van der Waals surface area (Å²) >= 11 is 0. The van der Waals surface area contributed by atoms with Gasteiger partial charge in [0, 0.05) is 19.0 Å². The van der Waals surface area contributed by atoms with E-state index in [2.05, 4.69) is 19.2 Å². The third-order valence-corrected chi connectivity index (χ3v) is 4.54. The van der Waals surface area contributed by atoms with Crippen LogP contribution >= 0.6 is 0 Å². The summed E-state index contributed by atoms with van der Waals surface area (Å²) in [5.74, 6) is 1.31. The van der Waals surface area contributed by atoms with Crippen molar-refractivity contribution in [3.05, 3.63) is 0 Å². The molecule has 4 nitrogen and oxygen atoms in total. The van der Waals surface area contributed by atoms with Gasteiger partial charge in [0.2, 0.25) is 5.91 Å². The average molecular weight is 298 g/mol. The van der Waals surface area contributed by atoms with Gasteiger partial charge in [-0.15, -0.1) is 0 Å². The van der Waals surface area contributed by atoms with Crippen LogP contribution in [0.1, 0.15) is 71.6 Å². The van der Waals surface area contributed by atoms with Crippen molar-refractivity contribution < 1.29 is 9.90 Å². The van der Waals surface area contributed by atoms with Crippen LogP contribution in [-0.4, -0.2) is 29.7 Å². The molecule has 0 spiro atoms. The third-order valence-electron chi connectivity index (χ3n) is 4.54. The predicted octanol–water partition coefficient (Wildman–Crippen LogP) is 2.59. The number of nitrogens with two attached hydrogens (primary N) is 1. The number of hydrogen-bond donors (Lipinski definition) is 3. The summed E-state index contributed by atoms with van der Waals surface area (Å²) in [7, 11) is 0. The molecule has 4 N–H and O–H groups in total. The molecule has 1 amide bonds. The molecule has 1 aliphatic carbocycles. The average Bonchev–Trinajstić information content (AvgIpc) is 2.46. The number of aliphatic hydroxyl groups is 1. The van der Waals surface area contributed by atoms with Crippen LogP contribution in [0.4, 0.5) is 0 Å². The molecule has 4 heteroatoms. The van der Waals surface area contributed by atoms with Crippen LogP contribution in [0.5, 0.6) is 0 Å². The van der Waals surface area contributed by atoms with Crippen molar-refractivity contribution in [3.63, 3.8) is 0 Å². The van der Waals surface area contributed by atoms with Crippen molar-refractivity contribution >= 4 is 5.91 Å². The molecule has 1 saturated carbocycles. The second-order valence-corrected chi connectivity index (χ2v) is 7.04. The lowest BCUT2D eigenvalue weighted by Crippen LogP contribution is -2.39. The monoisotopic (exact) mass is 298 g/mol. The molecule has 0 aliphatic heterocycles. The topological polar surface area (TPSA) is 75.3 Å². The zero-order chi connectivity index (χ0) is 15.7. The van der Waals surface area contributed by atoms with Crippen molar-refractivity contribution in [1.82, 2.24) is 5.32 Å². The maximum absolute atomic E-state index is 11.6. The molecule has 1 aliphatic rings. The Hall–Kier alpha value is -0.610.